The molecule has 2 aromatic rings. The van der Waals surface area contributed by atoms with E-state index in [2.05, 4.69) is 12.6 Å². The maximum absolute atomic E-state index is 9.86. The fraction of sp³-hybridized carbons (Fsp3) is 0.100. The van der Waals surface area contributed by atoms with Gasteiger partial charge in [0.1, 0.15) is 5.75 Å². The van der Waals surface area contributed by atoms with Gasteiger partial charge in [-0.05, 0) is 17.5 Å². The normalized spacial score (nSPS) is 10.3. The van der Waals surface area contributed by atoms with E-state index in [-0.39, 0.29) is 12.2 Å². The first-order valence-corrected chi connectivity index (χ1v) is 5.34. The molecule has 0 aliphatic rings. The Morgan fingerprint density at radius 3 is 3.07 bits per heavy atom. The van der Waals surface area contributed by atoms with E-state index in [0.717, 1.165) is 10.1 Å². The van der Waals surface area contributed by atoms with E-state index in [1.54, 1.807) is 11.3 Å². The van der Waals surface area contributed by atoms with E-state index in [1.807, 2.05) is 23.6 Å². The number of phenolic OH excluding ortho intramolecular Hbond substituents is 1. The van der Waals surface area contributed by atoms with Gasteiger partial charge in [0, 0.05) is 20.5 Å². The third-order valence-electron chi connectivity index (χ3n) is 2.07. The minimum Gasteiger partial charge on any atom is -0.507 e. The van der Waals surface area contributed by atoms with E-state index in [0.29, 0.717) is 10.5 Å². The highest BCUT2D eigenvalue weighted by Crippen LogP contribution is 2.36. The Hall–Kier alpha value is -1.18. The molecule has 0 amide bonds. The Morgan fingerprint density at radius 1 is 1.57 bits per heavy atom. The second-order valence-electron chi connectivity index (χ2n) is 2.89. The molecule has 2 rings (SSSR count). The molecule has 2 nitrogen and oxygen atoms in total. The number of hydrogen-bond donors (Lipinski definition) is 2. The molecular weight excluding hydrogens is 214 g/mol. The van der Waals surface area contributed by atoms with Crippen molar-refractivity contribution < 1.29 is 5.11 Å². The molecule has 1 N–H and O–H groups in total. The lowest BCUT2D eigenvalue weighted by Crippen LogP contribution is -1.85. The van der Waals surface area contributed by atoms with Crippen molar-refractivity contribution in [3.05, 3.63) is 23.1 Å². The van der Waals surface area contributed by atoms with Gasteiger partial charge in [-0.15, -0.1) is 24.0 Å². The van der Waals surface area contributed by atoms with Gasteiger partial charge < -0.3 is 5.11 Å². The topological polar surface area (TPSA) is 44.0 Å². The molecule has 4 heteroatoms. The fourth-order valence-electron chi connectivity index (χ4n) is 1.38. The molecular formula is C10H7NOS2. The van der Waals surface area contributed by atoms with E-state index < -0.39 is 0 Å². The van der Waals surface area contributed by atoms with Crippen molar-refractivity contribution in [1.82, 2.24) is 0 Å². The number of thiol groups is 1. The number of aromatic hydroxyl groups is 1. The third kappa shape index (κ3) is 1.35. The number of nitrogens with zero attached hydrogens (tertiary/aromatic N) is 1. The number of phenols is 1. The quantitative estimate of drug-likeness (QED) is 0.727. The Balaban J connectivity index is 2.77. The minimum absolute atomic E-state index is 0.190. The van der Waals surface area contributed by atoms with Crippen LogP contribution in [0.3, 0.4) is 0 Å². The zero-order valence-electron chi connectivity index (χ0n) is 7.19. The van der Waals surface area contributed by atoms with Crippen LogP contribution in [0.2, 0.25) is 0 Å². The van der Waals surface area contributed by atoms with Crippen LogP contribution in [0.1, 0.15) is 5.56 Å². The van der Waals surface area contributed by atoms with Crippen molar-refractivity contribution >= 4 is 34.1 Å². The number of thiophene rings is 1. The highest BCUT2D eigenvalue weighted by atomic mass is 32.1. The standard InChI is InChI=1S/C10H7NOS2/c11-3-1-6-8(13)5-9-7(10(6)12)2-4-14-9/h2,4-5,12-13H,1H2. The van der Waals surface area contributed by atoms with E-state index in [4.69, 9.17) is 5.26 Å². The Morgan fingerprint density at radius 2 is 2.36 bits per heavy atom. The van der Waals surface area contributed by atoms with Crippen molar-refractivity contribution in [2.24, 2.45) is 0 Å². The van der Waals surface area contributed by atoms with Crippen molar-refractivity contribution in [3.63, 3.8) is 0 Å². The van der Waals surface area contributed by atoms with Crippen LogP contribution >= 0.6 is 24.0 Å². The number of benzene rings is 1. The Bertz CT molecular complexity index is 525. The SMILES string of the molecule is N#CCc1c(S)cc2sccc2c1O. The maximum atomic E-state index is 9.86. The predicted octanol–water partition coefficient (Wildman–Crippen LogP) is 2.96. The zero-order valence-corrected chi connectivity index (χ0v) is 8.90. The molecule has 0 unspecified atom stereocenters. The van der Waals surface area contributed by atoms with Crippen LogP contribution in [-0.2, 0) is 6.42 Å². The lowest BCUT2D eigenvalue weighted by molar-refractivity contribution is 0.474. The van der Waals surface area contributed by atoms with Crippen LogP contribution in [0.5, 0.6) is 5.75 Å². The molecule has 70 valence electrons. The average Bonchev–Trinajstić information content (AvgIpc) is 2.60. The van der Waals surface area contributed by atoms with Gasteiger partial charge >= 0.3 is 0 Å². The number of hydrogen-bond acceptors (Lipinski definition) is 4. The first-order valence-electron chi connectivity index (χ1n) is 4.02. The van der Waals surface area contributed by atoms with Crippen LogP contribution in [0.25, 0.3) is 10.1 Å². The van der Waals surface area contributed by atoms with Gasteiger partial charge in [-0.25, -0.2) is 0 Å². The summed E-state index contributed by atoms with van der Waals surface area (Å²) in [5, 5.41) is 21.2. The molecule has 0 atom stereocenters. The molecule has 0 fully saturated rings. The van der Waals surface area contributed by atoms with Crippen LogP contribution in [-0.4, -0.2) is 5.11 Å². The van der Waals surface area contributed by atoms with Gasteiger partial charge in [0.2, 0.25) is 0 Å². The van der Waals surface area contributed by atoms with Gasteiger partial charge in [-0.3, -0.25) is 0 Å². The average molecular weight is 221 g/mol. The predicted molar refractivity (Wildman–Crippen MR) is 60.1 cm³/mol. The summed E-state index contributed by atoms with van der Waals surface area (Å²) in [5.74, 6) is 0.190. The van der Waals surface area contributed by atoms with Gasteiger partial charge in [0.25, 0.3) is 0 Å². The molecule has 0 aliphatic heterocycles. The fourth-order valence-corrected chi connectivity index (χ4v) is 2.61. The minimum atomic E-state index is 0.190. The molecule has 1 aromatic carbocycles. The van der Waals surface area contributed by atoms with Gasteiger partial charge in [-0.1, -0.05) is 0 Å². The molecule has 0 saturated heterocycles. The van der Waals surface area contributed by atoms with Crippen LogP contribution in [0, 0.1) is 11.3 Å². The Kier molecular flexibility index (Phi) is 2.36. The van der Waals surface area contributed by atoms with Gasteiger partial charge in [-0.2, -0.15) is 5.26 Å². The summed E-state index contributed by atoms with van der Waals surface area (Å²) in [7, 11) is 0. The summed E-state index contributed by atoms with van der Waals surface area (Å²) in [5.41, 5.74) is 0.613. The maximum Gasteiger partial charge on any atom is 0.129 e. The highest BCUT2D eigenvalue weighted by Gasteiger charge is 2.10. The van der Waals surface area contributed by atoms with E-state index in [9.17, 15) is 5.11 Å². The number of nitriles is 1. The lowest BCUT2D eigenvalue weighted by atomic mass is 10.1. The van der Waals surface area contributed by atoms with Crippen LogP contribution < -0.4 is 0 Å². The number of rotatable bonds is 1. The first kappa shape index (κ1) is 9.38. The van der Waals surface area contributed by atoms with Gasteiger partial charge in [0.15, 0.2) is 0 Å². The molecule has 1 aromatic heterocycles. The van der Waals surface area contributed by atoms with Crippen LogP contribution in [0.4, 0.5) is 0 Å². The molecule has 0 radical (unpaired) electrons. The summed E-state index contributed by atoms with van der Waals surface area (Å²) < 4.78 is 0.995. The second-order valence-corrected chi connectivity index (χ2v) is 4.32. The van der Waals surface area contributed by atoms with Gasteiger partial charge in [0.05, 0.1) is 12.5 Å². The Labute approximate surface area is 90.8 Å². The summed E-state index contributed by atoms with van der Waals surface area (Å²) >= 11 is 5.80. The summed E-state index contributed by atoms with van der Waals surface area (Å²) in [6, 6.07) is 5.75. The molecule has 0 saturated carbocycles. The third-order valence-corrected chi connectivity index (χ3v) is 3.33. The number of fused-ring (bicyclic) bond motifs is 1. The van der Waals surface area contributed by atoms with Crippen molar-refractivity contribution in [2.45, 2.75) is 11.3 Å². The zero-order chi connectivity index (χ0) is 10.1. The smallest absolute Gasteiger partial charge is 0.129 e. The monoisotopic (exact) mass is 221 g/mol. The highest BCUT2D eigenvalue weighted by molar-refractivity contribution is 7.80. The van der Waals surface area contributed by atoms with Crippen LogP contribution in [0.15, 0.2) is 22.4 Å². The molecule has 0 bridgehead atoms. The van der Waals surface area contributed by atoms with E-state index >= 15 is 0 Å². The molecule has 0 aliphatic carbocycles. The largest absolute Gasteiger partial charge is 0.507 e. The molecule has 14 heavy (non-hydrogen) atoms. The summed E-state index contributed by atoms with van der Waals surface area (Å²) in [4.78, 5) is 0.680. The van der Waals surface area contributed by atoms with Crippen molar-refractivity contribution in [1.29, 1.82) is 5.26 Å². The first-order chi connectivity index (χ1) is 6.74. The summed E-state index contributed by atoms with van der Waals surface area (Å²) in [6.07, 6.45) is 0.191. The second kappa shape index (κ2) is 3.52. The van der Waals surface area contributed by atoms with E-state index in [1.165, 1.54) is 0 Å². The van der Waals surface area contributed by atoms with Crippen molar-refractivity contribution in [3.8, 4) is 11.8 Å². The molecule has 1 heterocycles. The summed E-state index contributed by atoms with van der Waals surface area (Å²) in [6.45, 7) is 0. The van der Waals surface area contributed by atoms with Crippen molar-refractivity contribution in [2.75, 3.05) is 0 Å². The molecule has 0 spiro atoms. The lowest BCUT2D eigenvalue weighted by Gasteiger charge is -2.05.